The molecule has 0 unspecified atom stereocenters. The van der Waals surface area contributed by atoms with Crippen molar-refractivity contribution in [2.45, 2.75) is 19.5 Å². The second-order valence-corrected chi connectivity index (χ2v) is 7.26. The van der Waals surface area contributed by atoms with Gasteiger partial charge in [-0.25, -0.2) is 4.98 Å². The summed E-state index contributed by atoms with van der Waals surface area (Å²) in [5, 5.41) is 5.09. The summed E-state index contributed by atoms with van der Waals surface area (Å²) in [7, 11) is 3.67. The molecule has 0 aliphatic heterocycles. The van der Waals surface area contributed by atoms with Crippen LogP contribution in [0.15, 0.2) is 48.5 Å². The first-order valence-corrected chi connectivity index (χ1v) is 9.30. The van der Waals surface area contributed by atoms with Crippen molar-refractivity contribution in [3.8, 4) is 5.75 Å². The van der Waals surface area contributed by atoms with E-state index < -0.39 is 0 Å². The summed E-state index contributed by atoms with van der Waals surface area (Å²) in [5.74, 6) is 0.855. The quantitative estimate of drug-likeness (QED) is 0.674. The molecule has 1 aromatic heterocycles. The number of hydrogen-bond donors (Lipinski definition) is 1. The molecule has 0 saturated carbocycles. The lowest BCUT2D eigenvalue weighted by Crippen LogP contribution is -2.38. The summed E-state index contributed by atoms with van der Waals surface area (Å²) >= 11 is 7.26. The smallest absolute Gasteiger partial charge is 0.169 e. The molecule has 25 heavy (non-hydrogen) atoms. The topological polar surface area (TPSA) is 37.4 Å². The van der Waals surface area contributed by atoms with Gasteiger partial charge in [-0.2, -0.15) is 0 Å². The second-order valence-electron chi connectivity index (χ2n) is 5.81. The Hall–Kier alpha value is -2.18. The number of thiazole rings is 1. The molecule has 0 aliphatic rings. The molecule has 0 amide bonds. The molecule has 0 spiro atoms. The Labute approximate surface area is 157 Å². The normalized spacial score (nSPS) is 12.0. The first kappa shape index (κ1) is 17.6. The van der Waals surface area contributed by atoms with E-state index in [0.29, 0.717) is 11.7 Å². The standard InChI is InChI=1S/C19H21N3OS2/c1-13(18-21-16-6-4-5-7-17(16)25-18)22(2)19(24)20-12-14-8-10-15(23-3)11-9-14/h4-11,13H,12H2,1-3H3,(H,20,24)/t13-/m1/s1. The van der Waals surface area contributed by atoms with Gasteiger partial charge in [0.15, 0.2) is 5.11 Å². The Morgan fingerprint density at radius 3 is 2.64 bits per heavy atom. The second kappa shape index (κ2) is 7.80. The zero-order valence-electron chi connectivity index (χ0n) is 14.5. The van der Waals surface area contributed by atoms with Gasteiger partial charge in [-0.1, -0.05) is 24.3 Å². The van der Waals surface area contributed by atoms with Gasteiger partial charge in [0.05, 0.1) is 23.4 Å². The van der Waals surface area contributed by atoms with E-state index in [0.717, 1.165) is 21.8 Å². The minimum atomic E-state index is 0.119. The molecule has 6 heteroatoms. The third-order valence-corrected chi connectivity index (χ3v) is 5.81. The van der Waals surface area contributed by atoms with Crippen LogP contribution in [0.2, 0.25) is 0 Å². The van der Waals surface area contributed by atoms with E-state index in [1.54, 1.807) is 18.4 Å². The molecule has 0 radical (unpaired) electrons. The Morgan fingerprint density at radius 2 is 1.96 bits per heavy atom. The van der Waals surface area contributed by atoms with Gasteiger partial charge in [0.1, 0.15) is 10.8 Å². The highest BCUT2D eigenvalue weighted by molar-refractivity contribution is 7.80. The van der Waals surface area contributed by atoms with Crippen LogP contribution in [0.5, 0.6) is 5.75 Å². The average Bonchev–Trinajstić information content (AvgIpc) is 3.09. The van der Waals surface area contributed by atoms with E-state index in [2.05, 4.69) is 23.2 Å². The molecule has 4 nitrogen and oxygen atoms in total. The average molecular weight is 372 g/mol. The van der Waals surface area contributed by atoms with E-state index in [1.807, 2.05) is 49.5 Å². The fraction of sp³-hybridized carbons (Fsp3) is 0.263. The summed E-state index contributed by atoms with van der Waals surface area (Å²) in [6.07, 6.45) is 0. The molecule has 3 rings (SSSR count). The van der Waals surface area contributed by atoms with Crippen molar-refractivity contribution < 1.29 is 4.74 Å². The number of para-hydroxylation sites is 1. The third kappa shape index (κ3) is 4.08. The van der Waals surface area contributed by atoms with E-state index in [-0.39, 0.29) is 6.04 Å². The zero-order valence-corrected chi connectivity index (χ0v) is 16.2. The van der Waals surface area contributed by atoms with E-state index in [4.69, 9.17) is 21.9 Å². The molecule has 130 valence electrons. The molecule has 0 fully saturated rings. The van der Waals surface area contributed by atoms with E-state index >= 15 is 0 Å². The molecular formula is C19H21N3OS2. The Bertz CT molecular complexity index is 827. The summed E-state index contributed by atoms with van der Waals surface area (Å²) in [5.41, 5.74) is 2.20. The summed E-state index contributed by atoms with van der Waals surface area (Å²) in [4.78, 5) is 6.78. The fourth-order valence-electron chi connectivity index (χ4n) is 2.46. The van der Waals surface area contributed by atoms with Crippen molar-refractivity contribution in [3.05, 3.63) is 59.1 Å². The maximum absolute atomic E-state index is 5.55. The van der Waals surface area contributed by atoms with Crippen molar-refractivity contribution >= 4 is 38.9 Å². The largest absolute Gasteiger partial charge is 0.497 e. The van der Waals surface area contributed by atoms with Gasteiger partial charge >= 0.3 is 0 Å². The first-order valence-electron chi connectivity index (χ1n) is 8.07. The van der Waals surface area contributed by atoms with Crippen LogP contribution < -0.4 is 10.1 Å². The van der Waals surface area contributed by atoms with Gasteiger partial charge < -0.3 is 15.0 Å². The molecule has 1 atom stereocenters. The minimum absolute atomic E-state index is 0.119. The predicted octanol–water partition coefficient (Wildman–Crippen LogP) is 4.37. The van der Waals surface area contributed by atoms with Crippen LogP contribution >= 0.6 is 23.6 Å². The van der Waals surface area contributed by atoms with Gasteiger partial charge in [0.2, 0.25) is 0 Å². The summed E-state index contributed by atoms with van der Waals surface area (Å²) in [6.45, 7) is 2.80. The Balaban J connectivity index is 1.62. The van der Waals surface area contributed by atoms with Crippen molar-refractivity contribution in [1.29, 1.82) is 0 Å². The highest BCUT2D eigenvalue weighted by Gasteiger charge is 2.18. The van der Waals surface area contributed by atoms with Gasteiger partial charge in [0, 0.05) is 13.6 Å². The van der Waals surface area contributed by atoms with Crippen LogP contribution in [0.4, 0.5) is 0 Å². The number of nitrogens with one attached hydrogen (secondary N) is 1. The molecule has 3 aromatic rings. The van der Waals surface area contributed by atoms with E-state index in [1.165, 1.54) is 4.70 Å². The molecule has 2 aromatic carbocycles. The van der Waals surface area contributed by atoms with E-state index in [9.17, 15) is 0 Å². The van der Waals surface area contributed by atoms with Crippen molar-refractivity contribution in [2.24, 2.45) is 0 Å². The Morgan fingerprint density at radius 1 is 1.24 bits per heavy atom. The van der Waals surface area contributed by atoms with Crippen molar-refractivity contribution in [3.63, 3.8) is 0 Å². The lowest BCUT2D eigenvalue weighted by Gasteiger charge is -2.26. The molecule has 0 aliphatic carbocycles. The number of benzene rings is 2. The van der Waals surface area contributed by atoms with Crippen LogP contribution in [-0.2, 0) is 6.54 Å². The molecule has 1 heterocycles. The molecule has 0 saturated heterocycles. The Kier molecular flexibility index (Phi) is 5.50. The van der Waals surface area contributed by atoms with Crippen molar-refractivity contribution in [1.82, 2.24) is 15.2 Å². The number of hydrogen-bond acceptors (Lipinski definition) is 4. The van der Waals surface area contributed by atoms with Gasteiger partial charge in [-0.3, -0.25) is 0 Å². The highest BCUT2D eigenvalue weighted by Crippen LogP contribution is 2.28. The third-order valence-electron chi connectivity index (χ3n) is 4.17. The SMILES string of the molecule is COc1ccc(CNC(=S)N(C)[C@H](C)c2nc3ccccc3s2)cc1. The lowest BCUT2D eigenvalue weighted by molar-refractivity contribution is 0.394. The number of ether oxygens (including phenoxy) is 1. The van der Waals surface area contributed by atoms with Gasteiger partial charge in [0.25, 0.3) is 0 Å². The summed E-state index contributed by atoms with van der Waals surface area (Å²) in [6, 6.07) is 16.3. The fourth-order valence-corrected chi connectivity index (χ4v) is 3.75. The van der Waals surface area contributed by atoms with Crippen molar-refractivity contribution in [2.75, 3.05) is 14.2 Å². The number of aromatic nitrogens is 1. The van der Waals surface area contributed by atoms with Crippen LogP contribution in [0.3, 0.4) is 0 Å². The van der Waals surface area contributed by atoms with Crippen LogP contribution in [0, 0.1) is 0 Å². The summed E-state index contributed by atoms with van der Waals surface area (Å²) < 4.78 is 6.38. The predicted molar refractivity (Wildman–Crippen MR) is 108 cm³/mol. The van der Waals surface area contributed by atoms with Crippen LogP contribution in [0.1, 0.15) is 23.5 Å². The maximum atomic E-state index is 5.55. The maximum Gasteiger partial charge on any atom is 0.169 e. The number of thiocarbonyl (C=S) groups is 1. The number of nitrogens with zero attached hydrogens (tertiary/aromatic N) is 2. The number of rotatable bonds is 5. The first-order chi connectivity index (χ1) is 12.1. The van der Waals surface area contributed by atoms with Gasteiger partial charge in [-0.15, -0.1) is 11.3 Å². The molecular weight excluding hydrogens is 350 g/mol. The van der Waals surface area contributed by atoms with Crippen LogP contribution in [0.25, 0.3) is 10.2 Å². The monoisotopic (exact) mass is 371 g/mol. The van der Waals surface area contributed by atoms with Crippen LogP contribution in [-0.4, -0.2) is 29.2 Å². The number of fused-ring (bicyclic) bond motifs is 1. The lowest BCUT2D eigenvalue weighted by atomic mass is 10.2. The van der Waals surface area contributed by atoms with Gasteiger partial charge in [-0.05, 0) is 49.0 Å². The zero-order chi connectivity index (χ0) is 17.8. The molecule has 1 N–H and O–H groups in total. The molecule has 0 bridgehead atoms. The highest BCUT2D eigenvalue weighted by atomic mass is 32.1. The minimum Gasteiger partial charge on any atom is -0.497 e. The number of methoxy groups -OCH3 is 1.